The van der Waals surface area contributed by atoms with Crippen LogP contribution in [0.4, 0.5) is 0 Å². The molecule has 0 atom stereocenters. The molecule has 0 amide bonds. The van der Waals surface area contributed by atoms with Crippen molar-refractivity contribution in [1.82, 2.24) is 19.2 Å². The van der Waals surface area contributed by atoms with E-state index in [0.717, 1.165) is 80.8 Å². The Morgan fingerprint density at radius 1 is 0.870 bits per heavy atom. The SMILES string of the molecule is CN1CCCn2c(C(=O)O)c(CCCOc3cccc4ccccc34)c3cccc(c32)-c2c(COc3ccccc3)nn(C)c2C1. The van der Waals surface area contributed by atoms with Crippen molar-refractivity contribution in [1.29, 1.82) is 0 Å². The van der Waals surface area contributed by atoms with E-state index in [1.807, 2.05) is 77.0 Å². The van der Waals surface area contributed by atoms with Gasteiger partial charge in [0.2, 0.25) is 0 Å². The maximum Gasteiger partial charge on any atom is 0.352 e. The summed E-state index contributed by atoms with van der Waals surface area (Å²) in [5, 5.41) is 18.8. The van der Waals surface area contributed by atoms with Crippen LogP contribution in [-0.4, -0.2) is 50.5 Å². The van der Waals surface area contributed by atoms with Crippen LogP contribution in [0.5, 0.6) is 11.5 Å². The third kappa shape index (κ3) is 5.61. The highest BCUT2D eigenvalue weighted by Crippen LogP contribution is 2.39. The molecule has 2 aromatic heterocycles. The minimum absolute atomic E-state index is 0.304. The fraction of sp³-hybridized carbons (Fsp3) is 0.263. The standard InChI is InChI=1S/C38H38N4O4/c1-40-21-11-22-42-36-29(30(37(42)38(43)44)19-10-23-45-34-20-8-13-26-12-6-7-16-28(26)34)17-9-18-31(36)35-32(39-41(2)33(35)24-40)25-46-27-14-4-3-5-15-27/h3-9,12-18,20H,10-11,19,21-25H2,1-2H3,(H,43,44). The highest BCUT2D eigenvalue weighted by Gasteiger charge is 2.28. The second-order valence-corrected chi connectivity index (χ2v) is 12.0. The van der Waals surface area contributed by atoms with Gasteiger partial charge in [0.05, 0.1) is 17.8 Å². The molecular weight excluding hydrogens is 576 g/mol. The van der Waals surface area contributed by atoms with E-state index in [1.54, 1.807) is 0 Å². The molecule has 1 aliphatic heterocycles. The number of hydrogen-bond acceptors (Lipinski definition) is 5. The van der Waals surface area contributed by atoms with Gasteiger partial charge in [0.1, 0.15) is 29.5 Å². The summed E-state index contributed by atoms with van der Waals surface area (Å²) in [6, 6.07) is 30.2. The number of nitrogens with zero attached hydrogens (tertiary/aromatic N) is 4. The van der Waals surface area contributed by atoms with E-state index in [9.17, 15) is 9.90 Å². The Morgan fingerprint density at radius 3 is 2.48 bits per heavy atom. The minimum atomic E-state index is -0.906. The minimum Gasteiger partial charge on any atom is -0.493 e. The number of para-hydroxylation sites is 2. The highest BCUT2D eigenvalue weighted by molar-refractivity contribution is 6.04. The zero-order chi connectivity index (χ0) is 31.6. The number of carbonyl (C=O) groups is 1. The van der Waals surface area contributed by atoms with Crippen molar-refractivity contribution in [2.75, 3.05) is 20.2 Å². The maximum atomic E-state index is 13.0. The lowest BCUT2D eigenvalue weighted by molar-refractivity contribution is 0.0684. The average Bonchev–Trinajstić information content (AvgIpc) is 3.56. The molecule has 0 radical (unpaired) electrons. The Hall–Kier alpha value is -5.08. The van der Waals surface area contributed by atoms with Crippen LogP contribution in [0.3, 0.4) is 0 Å². The molecule has 6 aromatic rings. The Balaban J connectivity index is 1.28. The lowest BCUT2D eigenvalue weighted by atomic mass is 9.97. The second-order valence-electron chi connectivity index (χ2n) is 12.0. The van der Waals surface area contributed by atoms with E-state index < -0.39 is 5.97 Å². The molecule has 0 fully saturated rings. The molecule has 0 bridgehead atoms. The number of aromatic carboxylic acids is 1. The van der Waals surface area contributed by atoms with Crippen molar-refractivity contribution in [2.45, 2.75) is 39.0 Å². The van der Waals surface area contributed by atoms with Crippen molar-refractivity contribution in [3.63, 3.8) is 0 Å². The van der Waals surface area contributed by atoms with E-state index >= 15 is 0 Å². The molecule has 1 aliphatic rings. The first kappa shape index (κ1) is 29.6. The summed E-state index contributed by atoms with van der Waals surface area (Å²) in [7, 11) is 4.09. The van der Waals surface area contributed by atoms with Gasteiger partial charge in [-0.15, -0.1) is 0 Å². The van der Waals surface area contributed by atoms with Gasteiger partial charge in [-0.2, -0.15) is 5.10 Å². The van der Waals surface area contributed by atoms with Gasteiger partial charge in [0.15, 0.2) is 0 Å². The number of hydrogen-bond donors (Lipinski definition) is 1. The van der Waals surface area contributed by atoms with Crippen LogP contribution in [0.1, 0.15) is 40.3 Å². The average molecular weight is 615 g/mol. The summed E-state index contributed by atoms with van der Waals surface area (Å²) in [6.45, 7) is 2.95. The predicted octanol–water partition coefficient (Wildman–Crippen LogP) is 7.32. The number of fused-ring (bicyclic) bond motifs is 3. The lowest BCUT2D eigenvalue weighted by Gasteiger charge is -2.21. The van der Waals surface area contributed by atoms with Crippen molar-refractivity contribution >= 4 is 27.6 Å². The molecule has 46 heavy (non-hydrogen) atoms. The van der Waals surface area contributed by atoms with E-state index in [1.165, 1.54) is 0 Å². The number of aromatic nitrogens is 3. The molecule has 0 saturated carbocycles. The van der Waals surface area contributed by atoms with Crippen LogP contribution in [0.25, 0.3) is 32.8 Å². The molecule has 0 aliphatic carbocycles. The van der Waals surface area contributed by atoms with Gasteiger partial charge in [-0.25, -0.2) is 4.79 Å². The van der Waals surface area contributed by atoms with Crippen molar-refractivity contribution in [2.24, 2.45) is 7.05 Å². The first-order chi connectivity index (χ1) is 22.5. The van der Waals surface area contributed by atoms with Gasteiger partial charge in [0.25, 0.3) is 0 Å². The van der Waals surface area contributed by atoms with E-state index in [4.69, 9.17) is 14.6 Å². The number of rotatable bonds is 9. The van der Waals surface area contributed by atoms with Gasteiger partial charge in [-0.05, 0) is 62.0 Å². The molecule has 7 rings (SSSR count). The van der Waals surface area contributed by atoms with Crippen LogP contribution in [0, 0.1) is 0 Å². The van der Waals surface area contributed by atoms with Crippen molar-refractivity contribution < 1.29 is 19.4 Å². The van der Waals surface area contributed by atoms with Gasteiger partial charge < -0.3 is 24.0 Å². The quantitative estimate of drug-likeness (QED) is 0.172. The summed E-state index contributed by atoms with van der Waals surface area (Å²) in [4.78, 5) is 15.3. The summed E-state index contributed by atoms with van der Waals surface area (Å²) in [6.07, 6.45) is 2.10. The van der Waals surface area contributed by atoms with Gasteiger partial charge in [-0.3, -0.25) is 4.68 Å². The Kier molecular flexibility index (Phi) is 8.20. The zero-order valence-electron chi connectivity index (χ0n) is 26.3. The number of aryl methyl sites for hydroxylation is 3. The molecule has 0 saturated heterocycles. The predicted molar refractivity (Wildman–Crippen MR) is 181 cm³/mol. The van der Waals surface area contributed by atoms with Crippen LogP contribution in [-0.2, 0) is 33.2 Å². The molecule has 3 heterocycles. The molecule has 4 aromatic carbocycles. The fourth-order valence-corrected chi connectivity index (χ4v) is 6.87. The largest absolute Gasteiger partial charge is 0.493 e. The van der Waals surface area contributed by atoms with Gasteiger partial charge >= 0.3 is 5.97 Å². The monoisotopic (exact) mass is 614 g/mol. The van der Waals surface area contributed by atoms with Gasteiger partial charge in [-0.1, -0.05) is 72.8 Å². The summed E-state index contributed by atoms with van der Waals surface area (Å²) in [5.74, 6) is 0.719. The third-order valence-corrected chi connectivity index (χ3v) is 8.94. The number of benzene rings is 4. The van der Waals surface area contributed by atoms with Gasteiger partial charge in [0, 0.05) is 42.0 Å². The molecule has 0 spiro atoms. The summed E-state index contributed by atoms with van der Waals surface area (Å²) < 4.78 is 16.4. The molecule has 0 unspecified atom stereocenters. The van der Waals surface area contributed by atoms with E-state index in [0.29, 0.717) is 38.3 Å². The Morgan fingerprint density at radius 2 is 1.63 bits per heavy atom. The topological polar surface area (TPSA) is 81.8 Å². The summed E-state index contributed by atoms with van der Waals surface area (Å²) in [5.41, 5.74) is 6.08. The molecule has 1 N–H and O–H groups in total. The normalized spacial score (nSPS) is 13.5. The van der Waals surface area contributed by atoms with E-state index in [2.05, 4.69) is 42.3 Å². The Labute approximate surface area is 268 Å². The number of carboxylic acid groups (broad SMARTS) is 1. The van der Waals surface area contributed by atoms with Crippen LogP contribution in [0.2, 0.25) is 0 Å². The van der Waals surface area contributed by atoms with Crippen LogP contribution < -0.4 is 9.47 Å². The fourth-order valence-electron chi connectivity index (χ4n) is 6.87. The third-order valence-electron chi connectivity index (χ3n) is 8.94. The number of ether oxygens (including phenoxy) is 2. The van der Waals surface area contributed by atoms with Crippen LogP contribution in [0.15, 0.2) is 91.0 Å². The molecule has 234 valence electrons. The lowest BCUT2D eigenvalue weighted by Crippen LogP contribution is -2.23. The zero-order valence-corrected chi connectivity index (χ0v) is 26.3. The smallest absolute Gasteiger partial charge is 0.352 e. The highest BCUT2D eigenvalue weighted by atomic mass is 16.5. The molecule has 8 nitrogen and oxygen atoms in total. The molecular formula is C38H38N4O4. The maximum absolute atomic E-state index is 13.0. The Bertz CT molecular complexity index is 2020. The second kappa shape index (κ2) is 12.7. The van der Waals surface area contributed by atoms with Crippen molar-refractivity contribution in [3.8, 4) is 22.6 Å². The number of carboxylic acids is 1. The van der Waals surface area contributed by atoms with E-state index in [-0.39, 0.29) is 0 Å². The first-order valence-corrected chi connectivity index (χ1v) is 15.9. The van der Waals surface area contributed by atoms with Crippen molar-refractivity contribution in [3.05, 3.63) is 114 Å². The van der Waals surface area contributed by atoms with Crippen LogP contribution >= 0.6 is 0 Å². The summed E-state index contributed by atoms with van der Waals surface area (Å²) >= 11 is 0. The molecule has 8 heteroatoms. The first-order valence-electron chi connectivity index (χ1n) is 15.9.